The van der Waals surface area contributed by atoms with Crippen LogP contribution in [0.3, 0.4) is 0 Å². The summed E-state index contributed by atoms with van der Waals surface area (Å²) in [4.78, 5) is 7.49. The first kappa shape index (κ1) is 13.4. The van der Waals surface area contributed by atoms with E-state index >= 15 is 0 Å². The Morgan fingerprint density at radius 2 is 2.05 bits per heavy atom. The number of aromatic nitrogens is 2. The Bertz CT molecular complexity index is 586. The number of hydrogen-bond acceptors (Lipinski definition) is 2. The van der Waals surface area contributed by atoms with Gasteiger partial charge in [-0.2, -0.15) is 0 Å². The number of H-pyrrole nitrogens is 1. The summed E-state index contributed by atoms with van der Waals surface area (Å²) in [6, 6.07) is 7.36. The molecule has 0 radical (unpaired) electrons. The van der Waals surface area contributed by atoms with Crippen molar-refractivity contribution in [3.05, 3.63) is 52.6 Å². The first-order valence-electron chi connectivity index (χ1n) is 7.58. The standard InChI is InChI=1S/C17H23N3/c1-12(18-10-17-11-19-13(2)20-17)15-8-7-14-5-3-4-6-16(14)9-15/h7-9,11-12,18H,3-6,10H2,1-2H3,(H,19,20). The Kier molecular flexibility index (Phi) is 3.88. The Labute approximate surface area is 120 Å². The number of nitrogens with one attached hydrogen (secondary N) is 2. The molecule has 0 saturated carbocycles. The monoisotopic (exact) mass is 269 g/mol. The van der Waals surface area contributed by atoms with Gasteiger partial charge in [-0.05, 0) is 56.2 Å². The van der Waals surface area contributed by atoms with E-state index in [2.05, 4.69) is 40.4 Å². The molecule has 2 N–H and O–H groups in total. The molecule has 2 aromatic rings. The number of aromatic amines is 1. The van der Waals surface area contributed by atoms with Crippen LogP contribution in [0.5, 0.6) is 0 Å². The predicted molar refractivity (Wildman–Crippen MR) is 81.7 cm³/mol. The smallest absolute Gasteiger partial charge is 0.103 e. The van der Waals surface area contributed by atoms with Crippen molar-refractivity contribution in [1.82, 2.24) is 15.3 Å². The van der Waals surface area contributed by atoms with Crippen molar-refractivity contribution >= 4 is 0 Å². The second-order valence-electron chi connectivity index (χ2n) is 5.83. The van der Waals surface area contributed by atoms with Gasteiger partial charge in [0.1, 0.15) is 5.82 Å². The van der Waals surface area contributed by atoms with E-state index in [0.717, 1.165) is 18.1 Å². The summed E-state index contributed by atoms with van der Waals surface area (Å²) in [6.07, 6.45) is 7.09. The lowest BCUT2D eigenvalue weighted by molar-refractivity contribution is 0.566. The highest BCUT2D eigenvalue weighted by molar-refractivity contribution is 5.35. The number of rotatable bonds is 4. The van der Waals surface area contributed by atoms with E-state index in [1.807, 2.05) is 13.1 Å². The molecule has 20 heavy (non-hydrogen) atoms. The van der Waals surface area contributed by atoms with E-state index in [1.165, 1.54) is 31.2 Å². The second-order valence-corrected chi connectivity index (χ2v) is 5.83. The summed E-state index contributed by atoms with van der Waals surface area (Å²) in [5.74, 6) is 0.975. The molecule has 0 spiro atoms. The Morgan fingerprint density at radius 1 is 1.25 bits per heavy atom. The summed E-state index contributed by atoms with van der Waals surface area (Å²) in [5, 5.41) is 3.56. The largest absolute Gasteiger partial charge is 0.345 e. The molecule has 1 atom stereocenters. The lowest BCUT2D eigenvalue weighted by Crippen LogP contribution is -2.19. The maximum atomic E-state index is 4.23. The first-order valence-corrected chi connectivity index (χ1v) is 7.58. The van der Waals surface area contributed by atoms with Crippen molar-refractivity contribution in [3.8, 4) is 0 Å². The van der Waals surface area contributed by atoms with Crippen molar-refractivity contribution in [3.63, 3.8) is 0 Å². The maximum absolute atomic E-state index is 4.23. The minimum Gasteiger partial charge on any atom is -0.345 e. The van der Waals surface area contributed by atoms with Crippen LogP contribution in [-0.4, -0.2) is 9.97 Å². The van der Waals surface area contributed by atoms with Gasteiger partial charge in [0, 0.05) is 24.5 Å². The van der Waals surface area contributed by atoms with Crippen LogP contribution in [0, 0.1) is 6.92 Å². The zero-order chi connectivity index (χ0) is 13.9. The SMILES string of the molecule is Cc1ncc(CNC(C)c2ccc3c(c2)CCCC3)[nH]1. The highest BCUT2D eigenvalue weighted by Gasteiger charge is 2.12. The average Bonchev–Trinajstić information content (AvgIpc) is 2.90. The predicted octanol–water partition coefficient (Wildman–Crippen LogP) is 3.45. The fourth-order valence-corrected chi connectivity index (χ4v) is 2.97. The summed E-state index contributed by atoms with van der Waals surface area (Å²) in [6.45, 7) is 5.04. The van der Waals surface area contributed by atoms with E-state index in [-0.39, 0.29) is 0 Å². The van der Waals surface area contributed by atoms with Crippen molar-refractivity contribution in [2.24, 2.45) is 0 Å². The minimum atomic E-state index is 0.367. The highest BCUT2D eigenvalue weighted by atomic mass is 15.0. The Balaban J connectivity index is 1.66. The van der Waals surface area contributed by atoms with Gasteiger partial charge in [-0.15, -0.1) is 0 Å². The summed E-state index contributed by atoms with van der Waals surface area (Å²) >= 11 is 0. The molecule has 1 aromatic carbocycles. The Hall–Kier alpha value is -1.61. The summed E-state index contributed by atoms with van der Waals surface area (Å²) in [5.41, 5.74) is 5.64. The second kappa shape index (κ2) is 5.80. The molecular formula is C17H23N3. The van der Waals surface area contributed by atoms with Crippen molar-refractivity contribution < 1.29 is 0 Å². The normalized spacial score (nSPS) is 15.9. The molecule has 0 bridgehead atoms. The molecule has 1 aliphatic carbocycles. The molecule has 0 amide bonds. The number of nitrogens with zero attached hydrogens (tertiary/aromatic N) is 1. The third kappa shape index (κ3) is 2.93. The van der Waals surface area contributed by atoms with Crippen molar-refractivity contribution in [2.75, 3.05) is 0 Å². The first-order chi connectivity index (χ1) is 9.72. The van der Waals surface area contributed by atoms with E-state index in [9.17, 15) is 0 Å². The quantitative estimate of drug-likeness (QED) is 0.892. The van der Waals surface area contributed by atoms with Gasteiger partial charge < -0.3 is 10.3 Å². The van der Waals surface area contributed by atoms with Gasteiger partial charge in [0.05, 0.1) is 0 Å². The van der Waals surface area contributed by atoms with Crippen LogP contribution in [0.2, 0.25) is 0 Å². The van der Waals surface area contributed by atoms with Crippen LogP contribution in [0.1, 0.15) is 54.0 Å². The molecule has 3 nitrogen and oxygen atoms in total. The summed E-state index contributed by atoms with van der Waals surface area (Å²) in [7, 11) is 0. The van der Waals surface area contributed by atoms with Crippen molar-refractivity contribution in [2.45, 2.75) is 52.1 Å². The molecule has 0 fully saturated rings. The fourth-order valence-electron chi connectivity index (χ4n) is 2.97. The van der Waals surface area contributed by atoms with Gasteiger partial charge in [0.15, 0.2) is 0 Å². The topological polar surface area (TPSA) is 40.7 Å². The van der Waals surface area contributed by atoms with Crippen LogP contribution in [0.25, 0.3) is 0 Å². The third-order valence-corrected chi connectivity index (χ3v) is 4.23. The molecule has 1 aromatic heterocycles. The van der Waals surface area contributed by atoms with E-state index in [4.69, 9.17) is 0 Å². The van der Waals surface area contributed by atoms with E-state index in [0.29, 0.717) is 6.04 Å². The average molecular weight is 269 g/mol. The molecule has 1 unspecified atom stereocenters. The number of benzene rings is 1. The maximum Gasteiger partial charge on any atom is 0.103 e. The van der Waals surface area contributed by atoms with Gasteiger partial charge in [-0.25, -0.2) is 4.98 Å². The molecular weight excluding hydrogens is 246 g/mol. The van der Waals surface area contributed by atoms with Gasteiger partial charge in [-0.3, -0.25) is 0 Å². The summed E-state index contributed by atoms with van der Waals surface area (Å²) < 4.78 is 0. The van der Waals surface area contributed by atoms with Crippen LogP contribution >= 0.6 is 0 Å². The lowest BCUT2D eigenvalue weighted by Gasteiger charge is -2.20. The number of fused-ring (bicyclic) bond motifs is 1. The minimum absolute atomic E-state index is 0.367. The number of hydrogen-bond donors (Lipinski definition) is 2. The highest BCUT2D eigenvalue weighted by Crippen LogP contribution is 2.24. The lowest BCUT2D eigenvalue weighted by atomic mass is 9.89. The van der Waals surface area contributed by atoms with Gasteiger partial charge in [-0.1, -0.05) is 18.2 Å². The number of aryl methyl sites for hydroxylation is 3. The van der Waals surface area contributed by atoms with Crippen LogP contribution in [0.15, 0.2) is 24.4 Å². The molecule has 1 heterocycles. The van der Waals surface area contributed by atoms with Crippen molar-refractivity contribution in [1.29, 1.82) is 0 Å². The van der Waals surface area contributed by atoms with E-state index < -0.39 is 0 Å². The molecule has 1 aliphatic rings. The van der Waals surface area contributed by atoms with E-state index in [1.54, 1.807) is 11.1 Å². The zero-order valence-electron chi connectivity index (χ0n) is 12.4. The van der Waals surface area contributed by atoms with Crippen LogP contribution in [-0.2, 0) is 19.4 Å². The molecule has 106 valence electrons. The van der Waals surface area contributed by atoms with Gasteiger partial charge in [0.2, 0.25) is 0 Å². The molecule has 0 aliphatic heterocycles. The molecule has 0 saturated heterocycles. The zero-order valence-corrected chi connectivity index (χ0v) is 12.4. The van der Waals surface area contributed by atoms with Gasteiger partial charge >= 0.3 is 0 Å². The van der Waals surface area contributed by atoms with Crippen LogP contribution in [0.4, 0.5) is 0 Å². The number of imidazole rings is 1. The molecule has 3 heteroatoms. The molecule has 3 rings (SSSR count). The van der Waals surface area contributed by atoms with Gasteiger partial charge in [0.25, 0.3) is 0 Å². The fraction of sp³-hybridized carbons (Fsp3) is 0.471. The third-order valence-electron chi connectivity index (χ3n) is 4.23. The van der Waals surface area contributed by atoms with Crippen LogP contribution < -0.4 is 5.32 Å². The Morgan fingerprint density at radius 3 is 2.80 bits per heavy atom.